The molecule has 0 saturated heterocycles. The van der Waals surface area contributed by atoms with Crippen molar-refractivity contribution in [1.82, 2.24) is 10.0 Å². The van der Waals surface area contributed by atoms with Crippen molar-refractivity contribution >= 4 is 11.1 Å². The zero-order valence-electron chi connectivity index (χ0n) is 9.81. The van der Waals surface area contributed by atoms with E-state index < -0.39 is 0 Å². The minimum atomic E-state index is 0.0906. The Balaban J connectivity index is 2.92. The highest BCUT2D eigenvalue weighted by atomic mass is 32.2. The number of nitrogens with one attached hydrogen (secondary N) is 2. The van der Waals surface area contributed by atoms with Crippen molar-refractivity contribution in [3.63, 3.8) is 0 Å². The molecule has 0 aromatic heterocycles. The molecule has 88 valence electrons. The van der Waals surface area contributed by atoms with Gasteiger partial charge in [0.05, 0.1) is 6.61 Å². The molecule has 0 rings (SSSR count). The highest BCUT2D eigenvalue weighted by molar-refractivity contribution is 8.14. The zero-order valence-corrected chi connectivity index (χ0v) is 10.7. The second-order valence-corrected chi connectivity index (χ2v) is 5.69. The molecule has 0 aromatic carbocycles. The monoisotopic (exact) mass is 222 g/mol. The van der Waals surface area contributed by atoms with Crippen molar-refractivity contribution in [2.24, 2.45) is 0 Å². The number of hydrogen-bond donors (Lipinski definition) is 3. The summed E-state index contributed by atoms with van der Waals surface area (Å²) in [4.78, 5) is 0. The number of hydrogen-bond acceptors (Lipinski definition) is 3. The van der Waals surface area contributed by atoms with Gasteiger partial charge in [-0.2, -0.15) is 0 Å². The first-order chi connectivity index (χ1) is 6.81. The first-order valence-electron chi connectivity index (χ1n) is 5.48. The van der Waals surface area contributed by atoms with Crippen LogP contribution in [0.2, 0.25) is 0 Å². The summed E-state index contributed by atoms with van der Waals surface area (Å²) < 4.78 is 8.95. The molecule has 0 aliphatic heterocycles. The highest BCUT2D eigenvalue weighted by Crippen LogP contribution is 2.11. The first-order valence-corrected chi connectivity index (χ1v) is 7.45. The van der Waals surface area contributed by atoms with Crippen LogP contribution in [0.1, 0.15) is 19.8 Å². The van der Waals surface area contributed by atoms with E-state index in [-0.39, 0.29) is 11.1 Å². The summed E-state index contributed by atoms with van der Waals surface area (Å²) in [7, 11) is 1.95. The number of likely N-dealkylation sites (N-methyl/N-ethyl adjacent to an activating group) is 1. The van der Waals surface area contributed by atoms with Gasteiger partial charge in [0.1, 0.15) is 0 Å². The van der Waals surface area contributed by atoms with Gasteiger partial charge in [0.2, 0.25) is 0 Å². The normalized spacial score (nSPS) is 14.4. The van der Waals surface area contributed by atoms with Gasteiger partial charge in [-0.15, -0.1) is 0 Å². The molecule has 0 spiro atoms. The van der Waals surface area contributed by atoms with Crippen molar-refractivity contribution in [2.75, 3.05) is 45.4 Å². The predicted molar refractivity (Wildman–Crippen MR) is 67.4 cm³/mol. The molecule has 0 aliphatic rings. The lowest BCUT2D eigenvalue weighted by Gasteiger charge is -2.15. The third-order valence-corrected chi connectivity index (χ3v) is 3.78. The zero-order chi connectivity index (χ0) is 10.6. The Morgan fingerprint density at radius 2 is 1.93 bits per heavy atom. The molecule has 3 nitrogen and oxygen atoms in total. The minimum absolute atomic E-state index is 0.0906. The molecule has 0 fully saturated rings. The van der Waals surface area contributed by atoms with Gasteiger partial charge in [-0.25, -0.2) is 11.1 Å². The molecule has 0 aliphatic carbocycles. The highest BCUT2D eigenvalue weighted by Gasteiger charge is 1.92. The van der Waals surface area contributed by atoms with Crippen LogP contribution in [0, 0.1) is 0 Å². The van der Waals surface area contributed by atoms with E-state index in [9.17, 15) is 0 Å². The Labute approximate surface area is 91.5 Å². The molecular formula is C10H26N2OS. The van der Waals surface area contributed by atoms with Crippen molar-refractivity contribution < 1.29 is 4.74 Å². The van der Waals surface area contributed by atoms with Gasteiger partial charge in [0.25, 0.3) is 0 Å². The Morgan fingerprint density at radius 3 is 2.57 bits per heavy atom. The summed E-state index contributed by atoms with van der Waals surface area (Å²) >= 11 is 0.0906. The molecule has 0 heterocycles. The van der Waals surface area contributed by atoms with E-state index in [0.717, 1.165) is 26.3 Å². The quantitative estimate of drug-likeness (QED) is 0.383. The van der Waals surface area contributed by atoms with Gasteiger partial charge in [0.15, 0.2) is 0 Å². The van der Waals surface area contributed by atoms with E-state index in [2.05, 4.69) is 23.2 Å². The van der Waals surface area contributed by atoms with Crippen LogP contribution in [-0.4, -0.2) is 45.4 Å². The van der Waals surface area contributed by atoms with Crippen LogP contribution < -0.4 is 10.0 Å². The van der Waals surface area contributed by atoms with Crippen LogP contribution in [-0.2, 0) is 4.74 Å². The summed E-state index contributed by atoms with van der Waals surface area (Å²) in [5.41, 5.74) is 0. The molecule has 0 bridgehead atoms. The van der Waals surface area contributed by atoms with Crippen LogP contribution in [0.25, 0.3) is 0 Å². The van der Waals surface area contributed by atoms with Gasteiger partial charge in [-0.3, -0.25) is 4.72 Å². The second-order valence-electron chi connectivity index (χ2n) is 3.35. The summed E-state index contributed by atoms with van der Waals surface area (Å²) in [6.45, 7) is 6.07. The van der Waals surface area contributed by atoms with E-state index >= 15 is 0 Å². The van der Waals surface area contributed by atoms with E-state index in [1.165, 1.54) is 18.6 Å². The lowest BCUT2D eigenvalue weighted by atomic mass is 10.3. The topological polar surface area (TPSA) is 33.3 Å². The maximum Gasteiger partial charge on any atom is 0.0590 e. The van der Waals surface area contributed by atoms with Gasteiger partial charge >= 0.3 is 0 Å². The van der Waals surface area contributed by atoms with Crippen molar-refractivity contribution in [3.8, 4) is 0 Å². The second kappa shape index (κ2) is 11.3. The number of ether oxygens (including phenoxy) is 1. The van der Waals surface area contributed by atoms with Gasteiger partial charge < -0.3 is 10.1 Å². The summed E-state index contributed by atoms with van der Waals surface area (Å²) in [6.07, 6.45) is 4.69. The summed E-state index contributed by atoms with van der Waals surface area (Å²) in [5, 5.41) is 3.06. The fraction of sp³-hybridized carbons (Fsp3) is 1.00. The third kappa shape index (κ3) is 10.3. The van der Waals surface area contributed by atoms with Crippen LogP contribution in [0.4, 0.5) is 0 Å². The van der Waals surface area contributed by atoms with Gasteiger partial charge in [0, 0.05) is 19.7 Å². The standard InChI is InChI=1S/C10H26N2OS/c1-4-14(3)12-7-5-6-9-13-10-8-11-2/h11-12,14H,4-10H2,1-3H3. The van der Waals surface area contributed by atoms with Crippen molar-refractivity contribution in [3.05, 3.63) is 0 Å². The van der Waals surface area contributed by atoms with E-state index in [4.69, 9.17) is 4.74 Å². The summed E-state index contributed by atoms with van der Waals surface area (Å²) in [5.74, 6) is 1.27. The maximum absolute atomic E-state index is 5.42. The smallest absolute Gasteiger partial charge is 0.0590 e. The van der Waals surface area contributed by atoms with Crippen LogP contribution in [0.15, 0.2) is 0 Å². The van der Waals surface area contributed by atoms with E-state index in [1.807, 2.05) is 7.05 Å². The average Bonchev–Trinajstić information content (AvgIpc) is 2.21. The lowest BCUT2D eigenvalue weighted by molar-refractivity contribution is 0.133. The van der Waals surface area contributed by atoms with Crippen LogP contribution in [0.5, 0.6) is 0 Å². The largest absolute Gasteiger partial charge is 0.380 e. The fourth-order valence-electron chi connectivity index (χ4n) is 0.987. The minimum Gasteiger partial charge on any atom is -0.380 e. The molecule has 1 atom stereocenters. The van der Waals surface area contributed by atoms with Gasteiger partial charge in [-0.1, -0.05) is 6.92 Å². The van der Waals surface area contributed by atoms with Crippen molar-refractivity contribution in [1.29, 1.82) is 0 Å². The van der Waals surface area contributed by atoms with Crippen molar-refractivity contribution in [2.45, 2.75) is 19.8 Å². The molecule has 14 heavy (non-hydrogen) atoms. The molecular weight excluding hydrogens is 196 g/mol. The van der Waals surface area contributed by atoms with Crippen LogP contribution >= 0.6 is 11.1 Å². The fourth-order valence-corrected chi connectivity index (χ4v) is 1.75. The average molecular weight is 222 g/mol. The van der Waals surface area contributed by atoms with Crippen LogP contribution in [0.3, 0.4) is 0 Å². The Kier molecular flexibility index (Phi) is 11.5. The summed E-state index contributed by atoms with van der Waals surface area (Å²) in [6, 6.07) is 0. The molecule has 4 heteroatoms. The number of rotatable bonds is 10. The molecule has 0 radical (unpaired) electrons. The molecule has 0 aromatic rings. The van der Waals surface area contributed by atoms with E-state index in [1.54, 1.807) is 0 Å². The Morgan fingerprint density at radius 1 is 1.14 bits per heavy atom. The Bertz CT molecular complexity index is 114. The molecule has 2 N–H and O–H groups in total. The SMILES string of the molecule is CC[SH](C)NCCCCOCCNC. The first kappa shape index (κ1) is 14.2. The predicted octanol–water partition coefficient (Wildman–Crippen LogP) is 1.16. The maximum atomic E-state index is 5.42. The Hall–Kier alpha value is 0.230. The third-order valence-electron chi connectivity index (χ3n) is 2.07. The molecule has 1 unspecified atom stereocenters. The lowest BCUT2D eigenvalue weighted by Crippen LogP contribution is -2.15. The van der Waals surface area contributed by atoms with Gasteiger partial charge in [-0.05, 0) is 31.9 Å². The molecule has 0 amide bonds. The number of unbranched alkanes of at least 4 members (excludes halogenated alkanes) is 1. The number of thiol groups is 1. The van der Waals surface area contributed by atoms with E-state index in [0.29, 0.717) is 0 Å². The molecule has 0 saturated carbocycles.